The maximum absolute atomic E-state index is 10.9. The topological polar surface area (TPSA) is 121 Å². The van der Waals surface area contributed by atoms with Crippen molar-refractivity contribution in [3.05, 3.63) is 84.8 Å². The molecule has 0 aliphatic carbocycles. The Morgan fingerprint density at radius 3 is 2.72 bits per heavy atom. The van der Waals surface area contributed by atoms with Gasteiger partial charge in [0.1, 0.15) is 18.0 Å². The van der Waals surface area contributed by atoms with Crippen LogP contribution in [0.4, 0.5) is 10.5 Å². The van der Waals surface area contributed by atoms with Crippen molar-refractivity contribution in [1.82, 2.24) is 19.5 Å². The molecule has 0 unspecified atom stereocenters. The van der Waals surface area contributed by atoms with Crippen molar-refractivity contribution in [2.75, 3.05) is 5.32 Å². The van der Waals surface area contributed by atoms with E-state index in [0.29, 0.717) is 29.8 Å². The van der Waals surface area contributed by atoms with Gasteiger partial charge in [-0.2, -0.15) is 4.98 Å². The van der Waals surface area contributed by atoms with Crippen molar-refractivity contribution in [1.29, 1.82) is 0 Å². The number of hydrogen-bond donors (Lipinski definition) is 2. The number of imidazole rings is 1. The smallest absolute Gasteiger partial charge is 0.316 e. The molecule has 2 aromatic carbocycles. The van der Waals surface area contributed by atoms with Gasteiger partial charge in [0.15, 0.2) is 0 Å². The first-order valence-electron chi connectivity index (χ1n) is 9.80. The molecule has 0 saturated carbocycles. The van der Waals surface area contributed by atoms with Gasteiger partial charge in [0, 0.05) is 29.2 Å². The maximum Gasteiger partial charge on any atom is 0.316 e. The van der Waals surface area contributed by atoms with Crippen LogP contribution in [0, 0.1) is 0 Å². The highest BCUT2D eigenvalue weighted by molar-refractivity contribution is 5.88. The van der Waals surface area contributed by atoms with Crippen molar-refractivity contribution in [2.24, 2.45) is 5.73 Å². The highest BCUT2D eigenvalue weighted by Gasteiger charge is 2.12. The van der Waals surface area contributed by atoms with Crippen molar-refractivity contribution < 1.29 is 14.1 Å². The fourth-order valence-corrected chi connectivity index (χ4v) is 3.24. The highest BCUT2D eigenvalue weighted by Crippen LogP contribution is 2.26. The molecule has 3 aromatic heterocycles. The van der Waals surface area contributed by atoms with Crippen LogP contribution in [0.25, 0.3) is 28.5 Å². The van der Waals surface area contributed by atoms with Gasteiger partial charge in [-0.05, 0) is 54.6 Å². The van der Waals surface area contributed by atoms with E-state index in [4.69, 9.17) is 15.0 Å². The van der Waals surface area contributed by atoms with Crippen LogP contribution in [-0.2, 0) is 6.61 Å². The Balaban J connectivity index is 1.30. The minimum atomic E-state index is -0.622. The standard InChI is InChI=1S/C23H18N6O3/c24-23(30)26-17-9-7-15(8-10-17)21-27-22(32-28-21)16-4-3-5-19(12-16)31-14-18-13-29-11-2-1-6-20(29)25-18/h1-13H,14H2,(H3,24,26,30). The van der Waals surface area contributed by atoms with Gasteiger partial charge in [0.2, 0.25) is 5.82 Å². The molecule has 3 heterocycles. The molecule has 2 amide bonds. The number of fused-ring (bicyclic) bond motifs is 1. The fraction of sp³-hybridized carbons (Fsp3) is 0.0435. The number of nitrogens with zero attached hydrogens (tertiary/aromatic N) is 4. The number of aromatic nitrogens is 4. The van der Waals surface area contributed by atoms with Gasteiger partial charge in [-0.1, -0.05) is 17.3 Å². The molecule has 9 nitrogen and oxygen atoms in total. The van der Waals surface area contributed by atoms with Crippen molar-refractivity contribution in [3.63, 3.8) is 0 Å². The number of amides is 2. The van der Waals surface area contributed by atoms with E-state index in [1.807, 2.05) is 59.3 Å². The minimum Gasteiger partial charge on any atom is -0.487 e. The van der Waals surface area contributed by atoms with E-state index >= 15 is 0 Å². The van der Waals surface area contributed by atoms with E-state index in [-0.39, 0.29) is 0 Å². The molecule has 0 saturated heterocycles. The van der Waals surface area contributed by atoms with Crippen LogP contribution in [0.3, 0.4) is 0 Å². The number of rotatable bonds is 6. The predicted molar refractivity (Wildman–Crippen MR) is 118 cm³/mol. The Hall–Kier alpha value is -4.66. The van der Waals surface area contributed by atoms with Crippen LogP contribution in [-0.4, -0.2) is 25.6 Å². The van der Waals surface area contributed by atoms with E-state index < -0.39 is 6.03 Å². The first-order chi connectivity index (χ1) is 15.6. The summed E-state index contributed by atoms with van der Waals surface area (Å²) in [6, 6.07) is 19.6. The summed E-state index contributed by atoms with van der Waals surface area (Å²) < 4.78 is 13.3. The minimum absolute atomic E-state index is 0.339. The summed E-state index contributed by atoms with van der Waals surface area (Å²) in [5.41, 5.74) is 8.89. The van der Waals surface area contributed by atoms with Crippen molar-refractivity contribution in [3.8, 4) is 28.6 Å². The average molecular weight is 426 g/mol. The number of nitrogens with two attached hydrogens (primary N) is 1. The lowest BCUT2D eigenvalue weighted by Crippen LogP contribution is -2.19. The van der Waals surface area contributed by atoms with Gasteiger partial charge < -0.3 is 24.7 Å². The van der Waals surface area contributed by atoms with E-state index in [2.05, 4.69) is 20.4 Å². The molecule has 158 valence electrons. The van der Waals surface area contributed by atoms with E-state index in [1.165, 1.54) is 0 Å². The second kappa shape index (κ2) is 8.23. The van der Waals surface area contributed by atoms with Gasteiger partial charge >= 0.3 is 6.03 Å². The highest BCUT2D eigenvalue weighted by atomic mass is 16.5. The Kier molecular flexibility index (Phi) is 4.97. The number of primary amides is 1. The lowest BCUT2D eigenvalue weighted by Gasteiger charge is -2.04. The van der Waals surface area contributed by atoms with E-state index in [1.54, 1.807) is 24.3 Å². The molecule has 9 heteroatoms. The Bertz CT molecular complexity index is 1360. The lowest BCUT2D eigenvalue weighted by atomic mass is 10.2. The molecular weight excluding hydrogens is 408 g/mol. The van der Waals surface area contributed by atoms with Gasteiger partial charge in [-0.25, -0.2) is 9.78 Å². The van der Waals surface area contributed by atoms with E-state index in [0.717, 1.165) is 22.5 Å². The van der Waals surface area contributed by atoms with Gasteiger partial charge in [0.25, 0.3) is 5.89 Å². The number of pyridine rings is 1. The zero-order valence-corrected chi connectivity index (χ0v) is 16.8. The second-order valence-electron chi connectivity index (χ2n) is 7.00. The molecule has 32 heavy (non-hydrogen) atoms. The first-order valence-corrected chi connectivity index (χ1v) is 9.80. The molecule has 3 N–H and O–H groups in total. The summed E-state index contributed by atoms with van der Waals surface area (Å²) in [6.45, 7) is 0.339. The summed E-state index contributed by atoms with van der Waals surface area (Å²) in [5, 5.41) is 6.56. The third kappa shape index (κ3) is 4.12. The van der Waals surface area contributed by atoms with Crippen LogP contribution in [0.2, 0.25) is 0 Å². The Labute approximate surface area is 182 Å². The van der Waals surface area contributed by atoms with Gasteiger partial charge in [-0.3, -0.25) is 0 Å². The zero-order valence-electron chi connectivity index (χ0n) is 16.8. The molecule has 0 bridgehead atoms. The third-order valence-electron chi connectivity index (χ3n) is 4.72. The summed E-state index contributed by atoms with van der Waals surface area (Å²) in [5.74, 6) is 1.47. The number of carbonyl (C=O) groups excluding carboxylic acids is 1. The lowest BCUT2D eigenvalue weighted by molar-refractivity contribution is 0.259. The quantitative estimate of drug-likeness (QED) is 0.421. The Morgan fingerprint density at radius 1 is 1.03 bits per heavy atom. The molecule has 0 spiro atoms. The molecular formula is C23H18N6O3. The molecule has 5 aromatic rings. The summed E-state index contributed by atoms with van der Waals surface area (Å²) in [7, 11) is 0. The second-order valence-corrected chi connectivity index (χ2v) is 7.00. The number of nitrogens with one attached hydrogen (secondary N) is 1. The average Bonchev–Trinajstić information content (AvgIpc) is 3.45. The van der Waals surface area contributed by atoms with Crippen molar-refractivity contribution in [2.45, 2.75) is 6.61 Å². The van der Waals surface area contributed by atoms with Crippen LogP contribution in [0.15, 0.2) is 83.6 Å². The largest absolute Gasteiger partial charge is 0.487 e. The molecule has 0 aliphatic rings. The summed E-state index contributed by atoms with van der Waals surface area (Å²) in [4.78, 5) is 19.9. The number of anilines is 1. The van der Waals surface area contributed by atoms with E-state index in [9.17, 15) is 4.79 Å². The third-order valence-corrected chi connectivity index (χ3v) is 4.72. The number of ether oxygens (including phenoxy) is 1. The van der Waals surface area contributed by atoms with Crippen LogP contribution in [0.1, 0.15) is 5.69 Å². The van der Waals surface area contributed by atoms with Crippen LogP contribution in [0.5, 0.6) is 5.75 Å². The monoisotopic (exact) mass is 426 g/mol. The van der Waals surface area contributed by atoms with Crippen LogP contribution >= 0.6 is 0 Å². The van der Waals surface area contributed by atoms with Gasteiger partial charge in [0.05, 0.1) is 5.69 Å². The molecule has 0 fully saturated rings. The Morgan fingerprint density at radius 2 is 1.91 bits per heavy atom. The summed E-state index contributed by atoms with van der Waals surface area (Å²) >= 11 is 0. The maximum atomic E-state index is 10.9. The predicted octanol–water partition coefficient (Wildman–Crippen LogP) is 4.12. The molecule has 0 atom stereocenters. The normalized spacial score (nSPS) is 10.9. The number of hydrogen-bond acceptors (Lipinski definition) is 6. The number of carbonyl (C=O) groups is 1. The summed E-state index contributed by atoms with van der Waals surface area (Å²) in [6.07, 6.45) is 3.88. The first kappa shape index (κ1) is 19.3. The van der Waals surface area contributed by atoms with Gasteiger partial charge in [-0.15, -0.1) is 0 Å². The number of urea groups is 1. The SMILES string of the molecule is NC(=O)Nc1ccc(-c2noc(-c3cccc(OCc4cn5ccccc5n4)c3)n2)cc1. The fourth-order valence-electron chi connectivity index (χ4n) is 3.24. The van der Waals surface area contributed by atoms with Crippen LogP contribution < -0.4 is 15.8 Å². The molecule has 0 aliphatic heterocycles. The number of benzene rings is 2. The zero-order chi connectivity index (χ0) is 21.9. The molecule has 5 rings (SSSR count). The van der Waals surface area contributed by atoms with Crippen molar-refractivity contribution >= 4 is 17.4 Å². The molecule has 0 radical (unpaired) electrons.